The maximum Gasteiger partial charge on any atom is 0.100 e. The third-order valence-corrected chi connectivity index (χ3v) is 12.8. The first-order valence-electron chi connectivity index (χ1n) is 20.2. The van der Waals surface area contributed by atoms with Gasteiger partial charge in [0.15, 0.2) is 0 Å². The average Bonchev–Trinajstić information content (AvgIpc) is 3.77. The van der Waals surface area contributed by atoms with Gasteiger partial charge >= 0.3 is 0 Å². The number of benzene rings is 8. The molecule has 2 nitrogen and oxygen atoms in total. The van der Waals surface area contributed by atoms with Crippen molar-refractivity contribution < 1.29 is 0 Å². The Morgan fingerprint density at radius 1 is 0.544 bits per heavy atom. The Bertz CT molecular complexity index is 2920. The van der Waals surface area contributed by atoms with E-state index < -0.39 is 5.41 Å². The molecule has 9 aromatic rings. The van der Waals surface area contributed by atoms with Gasteiger partial charge in [0.2, 0.25) is 0 Å². The fourth-order valence-electron chi connectivity index (χ4n) is 10.0. The van der Waals surface area contributed by atoms with Crippen LogP contribution in [-0.4, -0.2) is 9.55 Å². The molecule has 0 radical (unpaired) electrons. The van der Waals surface area contributed by atoms with E-state index in [-0.39, 0.29) is 0 Å². The molecule has 8 aromatic carbocycles. The van der Waals surface area contributed by atoms with Crippen molar-refractivity contribution in [1.29, 1.82) is 0 Å². The Balaban J connectivity index is 1.16. The SMILES string of the molecule is Cc1ccc(C2(c3ccc(C)cc3)c3ccc(-c4ccc5c(c4)-c4ccccc4[C@H](c4ccccc4)CC5)cc3-c3c(-n4cnc5ccccc54)cccc32)cc1. The van der Waals surface area contributed by atoms with E-state index in [9.17, 15) is 0 Å². The molecular weight excluding hydrogens is 689 g/mol. The summed E-state index contributed by atoms with van der Waals surface area (Å²) in [5, 5.41) is 0. The molecule has 2 aliphatic rings. The van der Waals surface area contributed by atoms with E-state index in [2.05, 4.69) is 200 Å². The fraction of sp³-hybridized carbons (Fsp3) is 0.109. The third kappa shape index (κ3) is 5.21. The summed E-state index contributed by atoms with van der Waals surface area (Å²) in [7, 11) is 0. The molecule has 2 aliphatic carbocycles. The van der Waals surface area contributed by atoms with Crippen LogP contribution in [0.2, 0.25) is 0 Å². The lowest BCUT2D eigenvalue weighted by atomic mass is 9.67. The zero-order chi connectivity index (χ0) is 38.1. The maximum absolute atomic E-state index is 4.87. The highest BCUT2D eigenvalue weighted by atomic mass is 15.1. The van der Waals surface area contributed by atoms with Crippen LogP contribution in [0.4, 0.5) is 0 Å². The second kappa shape index (κ2) is 13.2. The smallest absolute Gasteiger partial charge is 0.100 e. The van der Waals surface area contributed by atoms with Gasteiger partial charge in [-0.15, -0.1) is 0 Å². The minimum absolute atomic E-state index is 0.365. The number of nitrogens with zero attached hydrogens (tertiary/aromatic N) is 2. The number of fused-ring (bicyclic) bond motifs is 7. The van der Waals surface area contributed by atoms with Gasteiger partial charge in [-0.25, -0.2) is 4.98 Å². The number of aryl methyl sites for hydroxylation is 3. The van der Waals surface area contributed by atoms with Crippen molar-refractivity contribution in [1.82, 2.24) is 9.55 Å². The Kier molecular flexibility index (Phi) is 7.76. The first-order chi connectivity index (χ1) is 28.1. The minimum Gasteiger partial charge on any atom is -0.298 e. The van der Waals surface area contributed by atoms with Crippen LogP contribution in [-0.2, 0) is 11.8 Å². The zero-order valence-electron chi connectivity index (χ0n) is 32.3. The van der Waals surface area contributed by atoms with Gasteiger partial charge in [-0.05, 0) is 124 Å². The highest BCUT2D eigenvalue weighted by Gasteiger charge is 2.47. The topological polar surface area (TPSA) is 17.8 Å². The lowest BCUT2D eigenvalue weighted by Crippen LogP contribution is -2.28. The summed E-state index contributed by atoms with van der Waals surface area (Å²) in [6.45, 7) is 4.35. The summed E-state index contributed by atoms with van der Waals surface area (Å²) in [6.07, 6.45) is 4.13. The molecule has 0 aliphatic heterocycles. The van der Waals surface area contributed by atoms with Crippen molar-refractivity contribution in [2.24, 2.45) is 0 Å². The van der Waals surface area contributed by atoms with Gasteiger partial charge in [0.05, 0.1) is 22.1 Å². The number of aromatic nitrogens is 2. The van der Waals surface area contributed by atoms with Gasteiger partial charge in [0.1, 0.15) is 6.33 Å². The van der Waals surface area contributed by atoms with Crippen LogP contribution >= 0.6 is 0 Å². The van der Waals surface area contributed by atoms with Crippen LogP contribution < -0.4 is 0 Å². The Labute approximate surface area is 334 Å². The van der Waals surface area contributed by atoms with Crippen LogP contribution in [0.5, 0.6) is 0 Å². The van der Waals surface area contributed by atoms with Gasteiger partial charge in [0, 0.05) is 11.5 Å². The summed E-state index contributed by atoms with van der Waals surface area (Å²) in [5.74, 6) is 0.365. The highest BCUT2D eigenvalue weighted by molar-refractivity contribution is 5.94. The Morgan fingerprint density at radius 2 is 1.21 bits per heavy atom. The molecule has 57 heavy (non-hydrogen) atoms. The monoisotopic (exact) mass is 730 g/mol. The summed E-state index contributed by atoms with van der Waals surface area (Å²) in [6, 6.07) is 68.3. The number of para-hydroxylation sites is 2. The normalized spacial score (nSPS) is 15.0. The maximum atomic E-state index is 4.87. The number of imidazole rings is 1. The van der Waals surface area contributed by atoms with Crippen molar-refractivity contribution in [3.8, 4) is 39.1 Å². The molecule has 0 unspecified atom stereocenters. The molecular formula is C55H42N2. The molecule has 11 rings (SSSR count). The third-order valence-electron chi connectivity index (χ3n) is 12.8. The average molecular weight is 731 g/mol. The van der Waals surface area contributed by atoms with E-state index in [1.54, 1.807) is 0 Å². The van der Waals surface area contributed by atoms with Gasteiger partial charge in [-0.3, -0.25) is 4.57 Å². The van der Waals surface area contributed by atoms with Crippen LogP contribution in [0.25, 0.3) is 50.1 Å². The molecule has 0 bridgehead atoms. The van der Waals surface area contributed by atoms with Crippen molar-refractivity contribution in [3.63, 3.8) is 0 Å². The minimum atomic E-state index is -0.518. The molecule has 0 spiro atoms. The number of hydrogen-bond acceptors (Lipinski definition) is 1. The molecule has 0 N–H and O–H groups in total. The van der Waals surface area contributed by atoms with E-state index in [1.807, 2.05) is 6.33 Å². The van der Waals surface area contributed by atoms with E-state index >= 15 is 0 Å². The number of rotatable bonds is 5. The Morgan fingerprint density at radius 3 is 1.98 bits per heavy atom. The van der Waals surface area contributed by atoms with E-state index in [0.717, 1.165) is 29.6 Å². The van der Waals surface area contributed by atoms with Crippen LogP contribution in [0.3, 0.4) is 0 Å². The molecule has 1 aromatic heterocycles. The first kappa shape index (κ1) is 33.6. The first-order valence-corrected chi connectivity index (χ1v) is 20.2. The lowest BCUT2D eigenvalue weighted by molar-refractivity contribution is 0.726. The molecule has 0 fully saturated rings. The molecule has 0 amide bonds. The predicted octanol–water partition coefficient (Wildman–Crippen LogP) is 13.4. The molecule has 2 heteroatoms. The second-order valence-corrected chi connectivity index (χ2v) is 16.0. The summed E-state index contributed by atoms with van der Waals surface area (Å²) in [4.78, 5) is 4.87. The molecule has 1 atom stereocenters. The van der Waals surface area contributed by atoms with Gasteiger partial charge in [0.25, 0.3) is 0 Å². The number of hydrogen-bond donors (Lipinski definition) is 0. The van der Waals surface area contributed by atoms with Crippen molar-refractivity contribution >= 4 is 11.0 Å². The van der Waals surface area contributed by atoms with Crippen LogP contribution in [0.1, 0.15) is 62.4 Å². The van der Waals surface area contributed by atoms with Crippen molar-refractivity contribution in [2.75, 3.05) is 0 Å². The van der Waals surface area contributed by atoms with E-state index in [1.165, 1.54) is 83.5 Å². The molecule has 0 saturated heterocycles. The van der Waals surface area contributed by atoms with Gasteiger partial charge in [-0.1, -0.05) is 163 Å². The molecule has 272 valence electrons. The Hall–Kier alpha value is -6.77. The standard InChI is InChI=1S/C55H42N2/c1-36-19-27-42(28-20-36)55(43-29-21-37(2)22-30-43)49-32-26-41(34-48(49)54-50(55)15-10-18-53(54)57-35-56-51-16-8-9-17-52(51)57)40-24-23-39-25-31-44(38-11-4-3-5-12-38)45-13-6-7-14-46(45)47(39)33-40/h3-24,26-30,32-35,44H,25,31H2,1-2H3/t44-/m0/s1. The quantitative estimate of drug-likeness (QED) is 0.172. The largest absolute Gasteiger partial charge is 0.298 e. The van der Waals surface area contributed by atoms with Gasteiger partial charge in [-0.2, -0.15) is 0 Å². The summed E-state index contributed by atoms with van der Waals surface area (Å²) >= 11 is 0. The van der Waals surface area contributed by atoms with Crippen molar-refractivity contribution in [3.05, 3.63) is 238 Å². The van der Waals surface area contributed by atoms with E-state index in [4.69, 9.17) is 4.98 Å². The lowest BCUT2D eigenvalue weighted by Gasteiger charge is -2.34. The second-order valence-electron chi connectivity index (χ2n) is 16.0. The predicted molar refractivity (Wildman–Crippen MR) is 235 cm³/mol. The van der Waals surface area contributed by atoms with E-state index in [0.29, 0.717) is 5.92 Å². The van der Waals surface area contributed by atoms with Crippen LogP contribution in [0.15, 0.2) is 188 Å². The highest BCUT2D eigenvalue weighted by Crippen LogP contribution is 2.58. The summed E-state index contributed by atoms with van der Waals surface area (Å²) < 4.78 is 2.29. The van der Waals surface area contributed by atoms with Crippen LogP contribution in [0, 0.1) is 13.8 Å². The fourth-order valence-corrected chi connectivity index (χ4v) is 10.0. The van der Waals surface area contributed by atoms with Gasteiger partial charge < -0.3 is 0 Å². The molecule has 1 heterocycles. The summed E-state index contributed by atoms with van der Waals surface area (Å²) in [5.41, 5.74) is 22.3. The zero-order valence-corrected chi connectivity index (χ0v) is 32.3. The molecule has 0 saturated carbocycles. The van der Waals surface area contributed by atoms with Crippen molar-refractivity contribution in [2.45, 2.75) is 38.0 Å².